The number of ether oxygens (including phenoxy) is 3. The van der Waals surface area contributed by atoms with E-state index in [2.05, 4.69) is 4.74 Å². The Hall–Kier alpha value is -2.19. The van der Waals surface area contributed by atoms with Gasteiger partial charge in [0.25, 0.3) is 0 Å². The van der Waals surface area contributed by atoms with Gasteiger partial charge in [-0.3, -0.25) is 10.1 Å². The van der Waals surface area contributed by atoms with Crippen LogP contribution in [0.25, 0.3) is 0 Å². The number of carbonyl (C=O) groups is 1. The lowest BCUT2D eigenvalue weighted by atomic mass is 9.97. The van der Waals surface area contributed by atoms with Crippen molar-refractivity contribution in [3.63, 3.8) is 0 Å². The number of hydrogen-bond donors (Lipinski definition) is 1. The van der Waals surface area contributed by atoms with Crippen molar-refractivity contribution >= 4 is 11.8 Å². The van der Waals surface area contributed by atoms with Crippen LogP contribution < -0.4 is 4.74 Å². The maximum Gasteiger partial charge on any atom is 0.511 e. The van der Waals surface area contributed by atoms with Crippen molar-refractivity contribution in [1.82, 2.24) is 0 Å². The fraction of sp³-hybridized carbons (Fsp3) is 0.462. The second-order valence-electron chi connectivity index (χ2n) is 4.97. The van der Waals surface area contributed by atoms with Gasteiger partial charge in [-0.25, -0.2) is 4.79 Å². The Morgan fingerprint density at radius 2 is 2.29 bits per heavy atom. The highest BCUT2D eigenvalue weighted by atomic mass is 16.7. The van der Waals surface area contributed by atoms with Crippen LogP contribution in [0.15, 0.2) is 18.2 Å². The molecule has 2 aliphatic rings. The Labute approximate surface area is 119 Å². The Balaban J connectivity index is 1.94. The summed E-state index contributed by atoms with van der Waals surface area (Å²) in [7, 11) is 0. The van der Waals surface area contributed by atoms with Crippen molar-refractivity contribution in [3.05, 3.63) is 33.9 Å². The van der Waals surface area contributed by atoms with E-state index in [4.69, 9.17) is 14.6 Å². The summed E-state index contributed by atoms with van der Waals surface area (Å²) in [6, 6.07) is 4.32. The first kappa shape index (κ1) is 13.8. The third-order valence-corrected chi connectivity index (χ3v) is 3.73. The van der Waals surface area contributed by atoms with Gasteiger partial charge in [0.1, 0.15) is 0 Å². The van der Waals surface area contributed by atoms with Gasteiger partial charge < -0.3 is 19.3 Å². The molecule has 1 aromatic rings. The molecule has 2 aliphatic heterocycles. The first-order valence-electron chi connectivity index (χ1n) is 6.51. The minimum Gasteiger partial charge on any atom is -0.449 e. The van der Waals surface area contributed by atoms with E-state index in [1.165, 1.54) is 12.1 Å². The highest BCUT2D eigenvalue weighted by molar-refractivity contribution is 5.66. The molecule has 8 nitrogen and oxygen atoms in total. The van der Waals surface area contributed by atoms with Crippen LogP contribution in [0.1, 0.15) is 24.5 Å². The fourth-order valence-corrected chi connectivity index (χ4v) is 2.85. The normalized spacial score (nSPS) is 27.3. The van der Waals surface area contributed by atoms with Crippen molar-refractivity contribution < 1.29 is 29.0 Å². The first-order chi connectivity index (χ1) is 10.1. The number of fused-ring (bicyclic) bond motifs is 1. The summed E-state index contributed by atoms with van der Waals surface area (Å²) in [6.07, 6.45) is -0.943. The molecule has 1 N–H and O–H groups in total. The lowest BCUT2D eigenvalue weighted by Gasteiger charge is -2.14. The molecular weight excluding hydrogens is 282 g/mol. The molecule has 0 amide bonds. The summed E-state index contributed by atoms with van der Waals surface area (Å²) in [5.74, 6) is -0.0785. The third kappa shape index (κ3) is 2.55. The molecule has 0 aromatic heterocycles. The molecule has 3 atom stereocenters. The van der Waals surface area contributed by atoms with Crippen LogP contribution in [0.2, 0.25) is 0 Å². The van der Waals surface area contributed by atoms with Crippen LogP contribution in [-0.2, 0) is 9.47 Å². The molecule has 3 rings (SSSR count). The number of nitrogens with zero attached hydrogens (tertiary/aromatic N) is 1. The molecule has 8 heteroatoms. The minimum absolute atomic E-state index is 0.221. The van der Waals surface area contributed by atoms with Crippen molar-refractivity contribution in [2.24, 2.45) is 5.92 Å². The smallest absolute Gasteiger partial charge is 0.449 e. The van der Waals surface area contributed by atoms with Crippen molar-refractivity contribution in [3.8, 4) is 5.75 Å². The molecule has 2 saturated heterocycles. The van der Waals surface area contributed by atoms with Crippen molar-refractivity contribution in [2.45, 2.75) is 25.2 Å². The maximum atomic E-state index is 11.3. The van der Waals surface area contributed by atoms with E-state index in [1.54, 1.807) is 6.07 Å². The van der Waals surface area contributed by atoms with Gasteiger partial charge in [-0.2, -0.15) is 0 Å². The standard InChI is InChI=1S/C13H13NO7/c15-13(16)21-9-3-1-2-8(11(9)14(17)18)10-6-7-4-5-19-12(7)20-10/h1-3,7,10,12H,4-6H2,(H,15,16). The number of rotatable bonds is 3. The van der Waals surface area contributed by atoms with Crippen molar-refractivity contribution in [2.75, 3.05) is 6.61 Å². The van der Waals surface area contributed by atoms with E-state index in [0.717, 1.165) is 6.42 Å². The lowest BCUT2D eigenvalue weighted by Crippen LogP contribution is -2.11. The average molecular weight is 295 g/mol. The largest absolute Gasteiger partial charge is 0.511 e. The van der Waals surface area contributed by atoms with Crippen LogP contribution in [-0.4, -0.2) is 29.1 Å². The van der Waals surface area contributed by atoms with Crippen LogP contribution in [0.4, 0.5) is 10.5 Å². The van der Waals surface area contributed by atoms with Crippen molar-refractivity contribution in [1.29, 1.82) is 0 Å². The lowest BCUT2D eigenvalue weighted by molar-refractivity contribution is -0.387. The summed E-state index contributed by atoms with van der Waals surface area (Å²) in [5, 5.41) is 19.9. The third-order valence-electron chi connectivity index (χ3n) is 3.73. The van der Waals surface area contributed by atoms with E-state index in [1.807, 2.05) is 0 Å². The van der Waals surface area contributed by atoms with Gasteiger partial charge in [-0.15, -0.1) is 0 Å². The minimum atomic E-state index is -1.59. The molecule has 3 unspecified atom stereocenters. The molecule has 0 aliphatic carbocycles. The maximum absolute atomic E-state index is 11.3. The second kappa shape index (κ2) is 5.30. The van der Waals surface area contributed by atoms with Gasteiger partial charge in [0.05, 0.1) is 23.2 Å². The summed E-state index contributed by atoms with van der Waals surface area (Å²) in [6.45, 7) is 0.631. The predicted octanol–water partition coefficient (Wildman–Crippen LogP) is 2.48. The van der Waals surface area contributed by atoms with Gasteiger partial charge >= 0.3 is 11.8 Å². The van der Waals surface area contributed by atoms with E-state index < -0.39 is 17.2 Å². The Kier molecular flexibility index (Phi) is 3.48. The van der Waals surface area contributed by atoms with Gasteiger partial charge in [0.2, 0.25) is 5.75 Å². The molecule has 112 valence electrons. The highest BCUT2D eigenvalue weighted by Crippen LogP contribution is 2.46. The Morgan fingerprint density at radius 1 is 1.48 bits per heavy atom. The summed E-state index contributed by atoms with van der Waals surface area (Å²) in [4.78, 5) is 21.3. The van der Waals surface area contributed by atoms with E-state index >= 15 is 0 Å². The topological polar surface area (TPSA) is 108 Å². The molecule has 0 bridgehead atoms. The van der Waals surface area contributed by atoms with Crippen LogP contribution >= 0.6 is 0 Å². The summed E-state index contributed by atoms with van der Waals surface area (Å²) < 4.78 is 15.6. The number of benzene rings is 1. The zero-order valence-electron chi connectivity index (χ0n) is 10.9. The highest BCUT2D eigenvalue weighted by Gasteiger charge is 2.42. The van der Waals surface area contributed by atoms with Gasteiger partial charge in [-0.05, 0) is 25.0 Å². The number of hydrogen-bond acceptors (Lipinski definition) is 6. The number of nitro benzene ring substituents is 1. The molecule has 2 heterocycles. The van der Waals surface area contributed by atoms with E-state index in [9.17, 15) is 14.9 Å². The first-order valence-corrected chi connectivity index (χ1v) is 6.51. The van der Waals surface area contributed by atoms with E-state index in [-0.39, 0.29) is 23.6 Å². The van der Waals surface area contributed by atoms with Crippen LogP contribution in [0.3, 0.4) is 0 Å². The SMILES string of the molecule is O=C(O)Oc1cccc(C2CC3CCOC3O2)c1[N+](=O)[O-]. The Morgan fingerprint density at radius 3 is 2.95 bits per heavy atom. The van der Waals surface area contributed by atoms with E-state index in [0.29, 0.717) is 18.6 Å². The molecular formula is C13H13NO7. The van der Waals surface area contributed by atoms with Crippen LogP contribution in [0.5, 0.6) is 5.75 Å². The average Bonchev–Trinajstić information content (AvgIpc) is 2.97. The second-order valence-corrected chi connectivity index (χ2v) is 4.97. The summed E-state index contributed by atoms with van der Waals surface area (Å²) >= 11 is 0. The Bertz CT molecular complexity index is 576. The molecule has 0 radical (unpaired) electrons. The summed E-state index contributed by atoms with van der Waals surface area (Å²) in [5.41, 5.74) is -0.0541. The monoisotopic (exact) mass is 295 g/mol. The molecule has 1 aromatic carbocycles. The molecule has 0 saturated carbocycles. The van der Waals surface area contributed by atoms with Gasteiger partial charge in [-0.1, -0.05) is 6.07 Å². The zero-order valence-corrected chi connectivity index (χ0v) is 10.9. The fourth-order valence-electron chi connectivity index (χ4n) is 2.85. The molecule has 21 heavy (non-hydrogen) atoms. The number of para-hydroxylation sites is 1. The zero-order chi connectivity index (χ0) is 15.0. The van der Waals surface area contributed by atoms with Gasteiger partial charge in [0, 0.05) is 5.92 Å². The predicted molar refractivity (Wildman–Crippen MR) is 68.0 cm³/mol. The van der Waals surface area contributed by atoms with Gasteiger partial charge in [0.15, 0.2) is 6.29 Å². The number of carboxylic acid groups (broad SMARTS) is 1. The number of nitro groups is 1. The quantitative estimate of drug-likeness (QED) is 0.395. The van der Waals surface area contributed by atoms with Crippen LogP contribution in [0, 0.1) is 16.0 Å². The molecule has 0 spiro atoms. The molecule has 2 fully saturated rings.